The van der Waals surface area contributed by atoms with E-state index >= 15 is 0 Å². The molecule has 4 heteroatoms. The number of nitrogens with one attached hydrogen (secondary N) is 2. The third kappa shape index (κ3) is 2.03. The van der Waals surface area contributed by atoms with Crippen molar-refractivity contribution < 1.29 is 4.79 Å². The molecule has 1 aromatic carbocycles. The fourth-order valence-electron chi connectivity index (χ4n) is 1.99. The molecule has 2 amide bonds. The van der Waals surface area contributed by atoms with Crippen molar-refractivity contribution in [1.29, 1.82) is 0 Å². The Morgan fingerprint density at radius 2 is 1.94 bits per heavy atom. The lowest BCUT2D eigenvalue weighted by molar-refractivity contribution is 0.247. The maximum absolute atomic E-state index is 11.1. The van der Waals surface area contributed by atoms with Crippen LogP contribution in [0, 0.1) is 0 Å². The van der Waals surface area contributed by atoms with E-state index < -0.39 is 0 Å². The number of amides is 2. The van der Waals surface area contributed by atoms with Crippen molar-refractivity contribution in [2.45, 2.75) is 6.04 Å². The molecule has 2 heterocycles. The molecule has 0 aliphatic carbocycles. The Bertz CT molecular complexity index is 519. The van der Waals surface area contributed by atoms with Crippen LogP contribution in [0.1, 0.15) is 11.6 Å². The third-order valence-electron chi connectivity index (χ3n) is 2.94. The first-order chi connectivity index (χ1) is 8.33. The number of benzene rings is 1. The van der Waals surface area contributed by atoms with Gasteiger partial charge in [0.25, 0.3) is 0 Å². The standard InChI is InChI=1S/C13H12N2OS/c16-13-14-7-12(15-13)10-3-1-9(2-4-10)11-5-6-17-8-11/h1-6,8,12H,7H2,(H2,14,15,16). The average Bonchev–Trinajstić information content (AvgIpc) is 3.00. The van der Waals surface area contributed by atoms with E-state index in [0.717, 1.165) is 5.56 Å². The molecule has 1 aliphatic rings. The van der Waals surface area contributed by atoms with Gasteiger partial charge in [0.2, 0.25) is 0 Å². The van der Waals surface area contributed by atoms with Gasteiger partial charge in [0.1, 0.15) is 0 Å². The van der Waals surface area contributed by atoms with E-state index in [9.17, 15) is 4.79 Å². The Morgan fingerprint density at radius 1 is 1.12 bits per heavy atom. The molecule has 0 bridgehead atoms. The molecule has 3 rings (SSSR count). The molecular weight excluding hydrogens is 232 g/mol. The van der Waals surface area contributed by atoms with E-state index in [1.165, 1.54) is 11.1 Å². The average molecular weight is 244 g/mol. The summed E-state index contributed by atoms with van der Waals surface area (Å²) in [5, 5.41) is 9.84. The number of thiophene rings is 1. The zero-order chi connectivity index (χ0) is 11.7. The fraction of sp³-hybridized carbons (Fsp3) is 0.154. The molecule has 17 heavy (non-hydrogen) atoms. The van der Waals surface area contributed by atoms with Crippen LogP contribution >= 0.6 is 11.3 Å². The lowest BCUT2D eigenvalue weighted by Crippen LogP contribution is -2.21. The van der Waals surface area contributed by atoms with Crippen LogP contribution in [-0.4, -0.2) is 12.6 Å². The summed E-state index contributed by atoms with van der Waals surface area (Å²) in [6, 6.07) is 10.5. The van der Waals surface area contributed by atoms with Crippen LogP contribution in [0.25, 0.3) is 11.1 Å². The van der Waals surface area contributed by atoms with Crippen LogP contribution < -0.4 is 10.6 Å². The highest BCUT2D eigenvalue weighted by atomic mass is 32.1. The summed E-state index contributed by atoms with van der Waals surface area (Å²) < 4.78 is 0. The molecule has 2 N–H and O–H groups in total. The number of hydrogen-bond donors (Lipinski definition) is 2. The summed E-state index contributed by atoms with van der Waals surface area (Å²) in [5.74, 6) is 0. The Labute approximate surface area is 103 Å². The normalized spacial score (nSPS) is 18.8. The highest BCUT2D eigenvalue weighted by Gasteiger charge is 2.21. The van der Waals surface area contributed by atoms with Crippen molar-refractivity contribution in [2.75, 3.05) is 6.54 Å². The van der Waals surface area contributed by atoms with E-state index in [0.29, 0.717) is 6.54 Å². The first kappa shape index (κ1) is 10.4. The van der Waals surface area contributed by atoms with Crippen molar-refractivity contribution in [3.63, 3.8) is 0 Å². The number of carbonyl (C=O) groups is 1. The molecule has 3 nitrogen and oxygen atoms in total. The summed E-state index contributed by atoms with van der Waals surface area (Å²) in [7, 11) is 0. The molecule has 1 aromatic heterocycles. The largest absolute Gasteiger partial charge is 0.336 e. The molecule has 0 spiro atoms. The van der Waals surface area contributed by atoms with Crippen LogP contribution in [0.15, 0.2) is 41.1 Å². The lowest BCUT2D eigenvalue weighted by atomic mass is 10.0. The minimum absolute atomic E-state index is 0.0862. The monoisotopic (exact) mass is 244 g/mol. The molecule has 1 unspecified atom stereocenters. The van der Waals surface area contributed by atoms with E-state index in [-0.39, 0.29) is 12.1 Å². The quantitative estimate of drug-likeness (QED) is 0.838. The second-order valence-corrected chi connectivity index (χ2v) is 4.82. The molecule has 1 aliphatic heterocycles. The smallest absolute Gasteiger partial charge is 0.315 e. The maximum atomic E-state index is 11.1. The summed E-state index contributed by atoms with van der Waals surface area (Å²) in [5.41, 5.74) is 3.60. The SMILES string of the molecule is O=C1NCC(c2ccc(-c3ccsc3)cc2)N1. The second kappa shape index (κ2) is 4.22. The summed E-state index contributed by atoms with van der Waals surface area (Å²) >= 11 is 1.70. The molecule has 0 saturated carbocycles. The molecule has 1 atom stereocenters. The van der Waals surface area contributed by atoms with Gasteiger partial charge in [-0.15, -0.1) is 0 Å². The molecular formula is C13H12N2OS. The van der Waals surface area contributed by atoms with Gasteiger partial charge < -0.3 is 10.6 Å². The van der Waals surface area contributed by atoms with Gasteiger partial charge in [0.05, 0.1) is 6.04 Å². The van der Waals surface area contributed by atoms with Crippen molar-refractivity contribution in [1.82, 2.24) is 10.6 Å². The number of urea groups is 1. The van der Waals surface area contributed by atoms with Gasteiger partial charge in [0, 0.05) is 6.54 Å². The van der Waals surface area contributed by atoms with Crippen molar-refractivity contribution in [3.05, 3.63) is 46.7 Å². The van der Waals surface area contributed by atoms with E-state index in [1.807, 2.05) is 0 Å². The van der Waals surface area contributed by atoms with Gasteiger partial charge in [-0.1, -0.05) is 24.3 Å². The lowest BCUT2D eigenvalue weighted by Gasteiger charge is -2.09. The summed E-state index contributed by atoms with van der Waals surface area (Å²) in [6.07, 6.45) is 0. The highest BCUT2D eigenvalue weighted by Crippen LogP contribution is 2.24. The van der Waals surface area contributed by atoms with E-state index in [4.69, 9.17) is 0 Å². The zero-order valence-corrected chi connectivity index (χ0v) is 9.96. The van der Waals surface area contributed by atoms with E-state index in [1.54, 1.807) is 11.3 Å². The highest BCUT2D eigenvalue weighted by molar-refractivity contribution is 7.08. The minimum Gasteiger partial charge on any atom is -0.336 e. The first-order valence-electron chi connectivity index (χ1n) is 5.50. The topological polar surface area (TPSA) is 41.1 Å². The molecule has 0 radical (unpaired) electrons. The predicted octanol–water partition coefficient (Wildman–Crippen LogP) is 2.77. The summed E-state index contributed by atoms with van der Waals surface area (Å²) in [4.78, 5) is 11.1. The zero-order valence-electron chi connectivity index (χ0n) is 9.14. The fourth-order valence-corrected chi connectivity index (χ4v) is 2.66. The molecule has 2 aromatic rings. The molecule has 86 valence electrons. The summed E-state index contributed by atoms with van der Waals surface area (Å²) in [6.45, 7) is 0.663. The predicted molar refractivity (Wildman–Crippen MR) is 69.0 cm³/mol. The van der Waals surface area contributed by atoms with Crippen molar-refractivity contribution in [3.8, 4) is 11.1 Å². The second-order valence-electron chi connectivity index (χ2n) is 4.04. The van der Waals surface area contributed by atoms with E-state index in [2.05, 4.69) is 51.7 Å². The maximum Gasteiger partial charge on any atom is 0.315 e. The van der Waals surface area contributed by atoms with Crippen LogP contribution in [0.3, 0.4) is 0 Å². The number of carbonyl (C=O) groups excluding carboxylic acids is 1. The van der Waals surface area contributed by atoms with Gasteiger partial charge in [-0.3, -0.25) is 0 Å². The van der Waals surface area contributed by atoms with Crippen LogP contribution in [0.2, 0.25) is 0 Å². The van der Waals surface area contributed by atoms with Crippen LogP contribution in [0.4, 0.5) is 4.79 Å². The van der Waals surface area contributed by atoms with Crippen LogP contribution in [0.5, 0.6) is 0 Å². The molecule has 1 saturated heterocycles. The van der Waals surface area contributed by atoms with Crippen LogP contribution in [-0.2, 0) is 0 Å². The van der Waals surface area contributed by atoms with Crippen molar-refractivity contribution >= 4 is 17.4 Å². The minimum atomic E-state index is -0.0862. The third-order valence-corrected chi connectivity index (χ3v) is 3.62. The number of rotatable bonds is 2. The first-order valence-corrected chi connectivity index (χ1v) is 6.44. The Kier molecular flexibility index (Phi) is 2.57. The Balaban J connectivity index is 1.83. The van der Waals surface area contributed by atoms with Gasteiger partial charge in [-0.25, -0.2) is 4.79 Å². The van der Waals surface area contributed by atoms with Gasteiger partial charge in [-0.05, 0) is 33.5 Å². The van der Waals surface area contributed by atoms with Gasteiger partial charge in [-0.2, -0.15) is 11.3 Å². The number of hydrogen-bond acceptors (Lipinski definition) is 2. The molecule has 1 fully saturated rings. The van der Waals surface area contributed by atoms with Gasteiger partial charge >= 0.3 is 6.03 Å². The Morgan fingerprint density at radius 3 is 2.53 bits per heavy atom. The van der Waals surface area contributed by atoms with Crippen molar-refractivity contribution in [2.24, 2.45) is 0 Å². The Hall–Kier alpha value is -1.81. The van der Waals surface area contributed by atoms with Gasteiger partial charge in [0.15, 0.2) is 0 Å².